The molecular weight excluding hydrogens is 469 g/mol. The molecule has 0 aliphatic rings. The third-order valence-corrected chi connectivity index (χ3v) is 5.90. The molecule has 3 aromatic carbocycles. The van der Waals surface area contributed by atoms with Gasteiger partial charge in [-0.05, 0) is 55.0 Å². The third kappa shape index (κ3) is 9.60. The van der Waals surface area contributed by atoms with Crippen molar-refractivity contribution in [3.63, 3.8) is 0 Å². The lowest BCUT2D eigenvalue weighted by Gasteiger charge is -2.24. The van der Waals surface area contributed by atoms with Crippen LogP contribution in [0.4, 0.5) is 20.6 Å². The van der Waals surface area contributed by atoms with Crippen LogP contribution in [-0.2, 0) is 4.79 Å². The molecule has 0 unspecified atom stereocenters. The van der Waals surface area contributed by atoms with Crippen LogP contribution in [0.3, 0.4) is 0 Å². The summed E-state index contributed by atoms with van der Waals surface area (Å²) in [5, 5.41) is 5.53. The van der Waals surface area contributed by atoms with Crippen LogP contribution in [0.5, 0.6) is 11.5 Å². The van der Waals surface area contributed by atoms with Crippen molar-refractivity contribution in [2.45, 2.75) is 51.9 Å². The van der Waals surface area contributed by atoms with Crippen LogP contribution in [-0.4, -0.2) is 25.0 Å². The number of nitrogens with one attached hydrogen (secondary N) is 2. The maximum absolute atomic E-state index is 14.1. The van der Waals surface area contributed by atoms with Crippen molar-refractivity contribution < 1.29 is 18.7 Å². The van der Waals surface area contributed by atoms with E-state index in [1.807, 2.05) is 30.3 Å². The average Bonchev–Trinajstić information content (AvgIpc) is 2.91. The van der Waals surface area contributed by atoms with Crippen LogP contribution in [0.25, 0.3) is 0 Å². The van der Waals surface area contributed by atoms with Gasteiger partial charge in [0.2, 0.25) is 5.91 Å². The summed E-state index contributed by atoms with van der Waals surface area (Å²) in [5.41, 5.74) is 0.688. The number of para-hydroxylation sites is 2. The highest BCUT2D eigenvalue weighted by Gasteiger charge is 2.18. The molecule has 0 aliphatic carbocycles. The molecule has 0 saturated carbocycles. The predicted octanol–water partition coefficient (Wildman–Crippen LogP) is 7.52. The molecule has 0 fully saturated rings. The molecule has 0 aromatic heterocycles. The minimum atomic E-state index is -0.519. The molecule has 0 aliphatic heterocycles. The van der Waals surface area contributed by atoms with Gasteiger partial charge in [-0.15, -0.1) is 0 Å². The lowest BCUT2D eigenvalue weighted by Crippen LogP contribution is -2.41. The van der Waals surface area contributed by atoms with Gasteiger partial charge in [0.25, 0.3) is 0 Å². The Morgan fingerprint density at radius 1 is 0.811 bits per heavy atom. The Morgan fingerprint density at radius 3 is 2.19 bits per heavy atom. The number of unbranched alkanes of at least 4 members (excludes halogenated alkanes) is 5. The lowest BCUT2D eigenvalue weighted by atomic mass is 10.1. The zero-order valence-corrected chi connectivity index (χ0v) is 21.4. The molecular formula is C30H36FN3O3. The van der Waals surface area contributed by atoms with Gasteiger partial charge in [-0.25, -0.2) is 9.18 Å². The molecule has 7 heteroatoms. The Hall–Kier alpha value is -3.87. The molecule has 3 aromatic rings. The highest BCUT2D eigenvalue weighted by atomic mass is 19.1. The Bertz CT molecular complexity index is 1110. The number of urea groups is 1. The van der Waals surface area contributed by atoms with Gasteiger partial charge in [0.05, 0.1) is 5.69 Å². The average molecular weight is 506 g/mol. The largest absolute Gasteiger partial charge is 0.457 e. The fourth-order valence-electron chi connectivity index (χ4n) is 3.87. The third-order valence-electron chi connectivity index (χ3n) is 5.90. The number of rotatable bonds is 14. The second kappa shape index (κ2) is 15.3. The van der Waals surface area contributed by atoms with E-state index in [0.717, 1.165) is 19.3 Å². The molecule has 0 radical (unpaired) electrons. The highest BCUT2D eigenvalue weighted by molar-refractivity contribution is 6.01. The van der Waals surface area contributed by atoms with Crippen molar-refractivity contribution in [3.05, 3.63) is 84.7 Å². The standard InChI is InChI=1S/C30H36FN3O3/c1-2-3-4-5-6-10-17-29(35)32-22-23-34(30(36)33-28-16-12-11-15-27(28)31)24-18-20-26(21-19-24)37-25-13-8-7-9-14-25/h7-9,11-16,18-21H,2-6,10,17,22-23H2,1H3,(H,32,35)(H,33,36). The first-order valence-corrected chi connectivity index (χ1v) is 13.0. The number of hydrogen-bond donors (Lipinski definition) is 2. The van der Waals surface area contributed by atoms with Crippen molar-refractivity contribution in [3.8, 4) is 11.5 Å². The van der Waals surface area contributed by atoms with Crippen LogP contribution in [0.2, 0.25) is 0 Å². The monoisotopic (exact) mass is 505 g/mol. The van der Waals surface area contributed by atoms with Crippen LogP contribution < -0.4 is 20.3 Å². The summed E-state index contributed by atoms with van der Waals surface area (Å²) in [7, 11) is 0. The van der Waals surface area contributed by atoms with Gasteiger partial charge in [-0.3, -0.25) is 9.69 Å². The van der Waals surface area contributed by atoms with Crippen LogP contribution in [0.1, 0.15) is 51.9 Å². The number of carbonyl (C=O) groups excluding carboxylic acids is 2. The van der Waals surface area contributed by atoms with Crippen molar-refractivity contribution in [1.82, 2.24) is 5.32 Å². The first kappa shape index (κ1) is 27.7. The van der Waals surface area contributed by atoms with E-state index >= 15 is 0 Å². The van der Waals surface area contributed by atoms with E-state index in [0.29, 0.717) is 23.6 Å². The molecule has 0 spiro atoms. The topological polar surface area (TPSA) is 70.7 Å². The summed E-state index contributed by atoms with van der Waals surface area (Å²) < 4.78 is 20.0. The maximum atomic E-state index is 14.1. The Kier molecular flexibility index (Phi) is 11.5. The Balaban J connectivity index is 1.60. The summed E-state index contributed by atoms with van der Waals surface area (Å²) in [4.78, 5) is 26.9. The lowest BCUT2D eigenvalue weighted by molar-refractivity contribution is -0.121. The fourth-order valence-corrected chi connectivity index (χ4v) is 3.87. The molecule has 196 valence electrons. The van der Waals surface area contributed by atoms with E-state index in [1.54, 1.807) is 36.4 Å². The number of halogens is 1. The maximum Gasteiger partial charge on any atom is 0.326 e. The SMILES string of the molecule is CCCCCCCCC(=O)NCCN(C(=O)Nc1ccccc1F)c1ccc(Oc2ccccc2)cc1. The molecule has 0 saturated heterocycles. The van der Waals surface area contributed by atoms with E-state index in [-0.39, 0.29) is 24.7 Å². The Labute approximate surface area is 218 Å². The highest BCUT2D eigenvalue weighted by Crippen LogP contribution is 2.25. The predicted molar refractivity (Wildman–Crippen MR) is 147 cm³/mol. The number of ether oxygens (including phenoxy) is 1. The summed E-state index contributed by atoms with van der Waals surface area (Å²) in [6.45, 7) is 2.68. The van der Waals surface area contributed by atoms with Gasteiger partial charge < -0.3 is 15.4 Å². The van der Waals surface area contributed by atoms with Gasteiger partial charge in [-0.1, -0.05) is 69.4 Å². The van der Waals surface area contributed by atoms with E-state index in [9.17, 15) is 14.0 Å². The van der Waals surface area contributed by atoms with Crippen molar-refractivity contribution in [2.24, 2.45) is 0 Å². The van der Waals surface area contributed by atoms with Gasteiger partial charge >= 0.3 is 6.03 Å². The first-order valence-electron chi connectivity index (χ1n) is 13.0. The minimum Gasteiger partial charge on any atom is -0.457 e. The summed E-state index contributed by atoms with van der Waals surface area (Å²) in [6.07, 6.45) is 7.16. The fraction of sp³-hybridized carbons (Fsp3) is 0.333. The van der Waals surface area contributed by atoms with E-state index in [4.69, 9.17) is 4.74 Å². The van der Waals surface area contributed by atoms with Gasteiger partial charge in [0.1, 0.15) is 17.3 Å². The number of hydrogen-bond acceptors (Lipinski definition) is 3. The van der Waals surface area contributed by atoms with Gasteiger partial charge in [-0.2, -0.15) is 0 Å². The summed E-state index contributed by atoms with van der Waals surface area (Å²) >= 11 is 0. The second-order valence-corrected chi connectivity index (χ2v) is 8.84. The molecule has 3 rings (SSSR count). The zero-order chi connectivity index (χ0) is 26.3. The van der Waals surface area contributed by atoms with Crippen molar-refractivity contribution in [1.29, 1.82) is 0 Å². The van der Waals surface area contributed by atoms with E-state index in [1.165, 1.54) is 36.3 Å². The van der Waals surface area contributed by atoms with E-state index in [2.05, 4.69) is 17.6 Å². The van der Waals surface area contributed by atoms with Crippen molar-refractivity contribution >= 4 is 23.3 Å². The summed E-state index contributed by atoms with van der Waals surface area (Å²) in [5.74, 6) is 0.778. The molecule has 0 bridgehead atoms. The summed E-state index contributed by atoms with van der Waals surface area (Å²) in [6, 6.07) is 22.0. The van der Waals surface area contributed by atoms with E-state index < -0.39 is 11.8 Å². The second-order valence-electron chi connectivity index (χ2n) is 8.84. The first-order chi connectivity index (χ1) is 18.1. The van der Waals surface area contributed by atoms with Crippen LogP contribution in [0, 0.1) is 5.82 Å². The smallest absolute Gasteiger partial charge is 0.326 e. The van der Waals surface area contributed by atoms with Crippen LogP contribution in [0.15, 0.2) is 78.9 Å². The molecule has 6 nitrogen and oxygen atoms in total. The molecule has 37 heavy (non-hydrogen) atoms. The van der Waals surface area contributed by atoms with Crippen molar-refractivity contribution in [2.75, 3.05) is 23.3 Å². The number of anilines is 2. The van der Waals surface area contributed by atoms with Gasteiger partial charge in [0.15, 0.2) is 0 Å². The molecule has 2 N–H and O–H groups in total. The van der Waals surface area contributed by atoms with Crippen LogP contribution >= 0.6 is 0 Å². The quantitative estimate of drug-likeness (QED) is 0.223. The number of amides is 3. The number of nitrogens with zero attached hydrogens (tertiary/aromatic N) is 1. The molecule has 0 heterocycles. The Morgan fingerprint density at radius 2 is 1.46 bits per heavy atom. The molecule has 0 atom stereocenters. The minimum absolute atomic E-state index is 0.0310. The number of benzene rings is 3. The molecule has 3 amide bonds. The van der Waals surface area contributed by atoms with Gasteiger partial charge in [0, 0.05) is 25.2 Å². The normalized spacial score (nSPS) is 10.5. The zero-order valence-electron chi connectivity index (χ0n) is 21.4. The number of carbonyl (C=O) groups is 2.